The normalized spacial score (nSPS) is 21.8. The van der Waals surface area contributed by atoms with E-state index in [0.717, 1.165) is 37.3 Å². The van der Waals surface area contributed by atoms with Gasteiger partial charge in [0.05, 0.1) is 0 Å². The number of aliphatic hydroxyl groups excluding tert-OH is 1. The van der Waals surface area contributed by atoms with Gasteiger partial charge in [-0.3, -0.25) is 0 Å². The molecule has 1 unspecified atom stereocenters. The summed E-state index contributed by atoms with van der Waals surface area (Å²) in [6, 6.07) is 3.99. The highest BCUT2D eigenvalue weighted by atomic mass is 16.3. The molecule has 1 aromatic heterocycles. The average Bonchev–Trinajstić information content (AvgIpc) is 2.78. The summed E-state index contributed by atoms with van der Waals surface area (Å²) in [5, 5.41) is 8.97. The van der Waals surface area contributed by atoms with Crippen molar-refractivity contribution >= 4 is 5.82 Å². The maximum atomic E-state index is 8.97. The van der Waals surface area contributed by atoms with E-state index in [4.69, 9.17) is 10.8 Å². The molecule has 0 amide bonds. The van der Waals surface area contributed by atoms with Crippen LogP contribution >= 0.6 is 0 Å². The lowest BCUT2D eigenvalue weighted by molar-refractivity contribution is 0.263. The number of aromatic nitrogens is 1. The lowest BCUT2D eigenvalue weighted by Gasteiger charge is -2.22. The molecule has 0 spiro atoms. The quantitative estimate of drug-likeness (QED) is 0.826. The van der Waals surface area contributed by atoms with Gasteiger partial charge >= 0.3 is 0 Å². The van der Waals surface area contributed by atoms with Gasteiger partial charge in [-0.25, -0.2) is 4.98 Å². The Balaban J connectivity index is 2.13. The fraction of sp³-hybridized carbons (Fsp3) is 0.615. The standard InChI is InChI=1S/C13H21N3O/c1-10(14)12-3-2-6-15-13(12)16-7-4-11(9-16)5-8-17/h2-3,6,10-11,17H,4-5,7-9,14H2,1H3/t10-,11?/m0/s1. The molecule has 0 radical (unpaired) electrons. The number of pyridine rings is 1. The van der Waals surface area contributed by atoms with Gasteiger partial charge in [0, 0.05) is 37.5 Å². The lowest BCUT2D eigenvalue weighted by Crippen LogP contribution is -2.24. The second kappa shape index (κ2) is 5.47. The first-order valence-corrected chi connectivity index (χ1v) is 6.28. The molecule has 2 rings (SSSR count). The van der Waals surface area contributed by atoms with Crippen molar-refractivity contribution in [2.45, 2.75) is 25.8 Å². The maximum absolute atomic E-state index is 8.97. The molecule has 1 saturated heterocycles. The summed E-state index contributed by atoms with van der Waals surface area (Å²) in [6.07, 6.45) is 3.84. The summed E-state index contributed by atoms with van der Waals surface area (Å²) in [4.78, 5) is 6.75. The molecule has 3 N–H and O–H groups in total. The lowest BCUT2D eigenvalue weighted by atomic mass is 10.1. The van der Waals surface area contributed by atoms with Crippen LogP contribution in [0.4, 0.5) is 5.82 Å². The van der Waals surface area contributed by atoms with E-state index in [-0.39, 0.29) is 12.6 Å². The molecule has 94 valence electrons. The van der Waals surface area contributed by atoms with Crippen molar-refractivity contribution < 1.29 is 5.11 Å². The second-order valence-electron chi connectivity index (χ2n) is 4.82. The molecular weight excluding hydrogens is 214 g/mol. The number of nitrogens with two attached hydrogens (primary N) is 1. The number of hydrogen-bond donors (Lipinski definition) is 2. The van der Waals surface area contributed by atoms with Gasteiger partial charge in [0.15, 0.2) is 0 Å². The van der Waals surface area contributed by atoms with Gasteiger partial charge in [0.1, 0.15) is 5.82 Å². The van der Waals surface area contributed by atoms with E-state index in [1.54, 1.807) is 0 Å². The zero-order valence-electron chi connectivity index (χ0n) is 10.3. The molecule has 0 bridgehead atoms. The molecule has 4 heteroatoms. The van der Waals surface area contributed by atoms with Crippen LogP contribution in [0.25, 0.3) is 0 Å². The first-order valence-electron chi connectivity index (χ1n) is 6.28. The summed E-state index contributed by atoms with van der Waals surface area (Å²) in [5.74, 6) is 1.60. The number of aliphatic hydroxyl groups is 1. The average molecular weight is 235 g/mol. The van der Waals surface area contributed by atoms with Crippen molar-refractivity contribution in [3.05, 3.63) is 23.9 Å². The Morgan fingerprint density at radius 2 is 2.47 bits per heavy atom. The van der Waals surface area contributed by atoms with Gasteiger partial charge in [-0.05, 0) is 31.7 Å². The molecule has 17 heavy (non-hydrogen) atoms. The van der Waals surface area contributed by atoms with E-state index in [1.165, 1.54) is 0 Å². The van der Waals surface area contributed by atoms with E-state index in [9.17, 15) is 0 Å². The summed E-state index contributed by atoms with van der Waals surface area (Å²) >= 11 is 0. The van der Waals surface area contributed by atoms with Gasteiger partial charge in [0.2, 0.25) is 0 Å². The van der Waals surface area contributed by atoms with Gasteiger partial charge in [-0.2, -0.15) is 0 Å². The largest absolute Gasteiger partial charge is 0.396 e. The van der Waals surface area contributed by atoms with E-state index < -0.39 is 0 Å². The highest BCUT2D eigenvalue weighted by Crippen LogP contribution is 2.28. The Kier molecular flexibility index (Phi) is 3.97. The first kappa shape index (κ1) is 12.3. The Hall–Kier alpha value is -1.13. The Morgan fingerprint density at radius 3 is 3.18 bits per heavy atom. The number of nitrogens with zero attached hydrogens (tertiary/aromatic N) is 2. The highest BCUT2D eigenvalue weighted by Gasteiger charge is 2.25. The number of rotatable bonds is 4. The molecule has 1 aliphatic rings. The van der Waals surface area contributed by atoms with Crippen LogP contribution in [0.15, 0.2) is 18.3 Å². The molecule has 2 heterocycles. The minimum Gasteiger partial charge on any atom is -0.396 e. The van der Waals surface area contributed by atoms with Crippen molar-refractivity contribution in [1.29, 1.82) is 0 Å². The first-order chi connectivity index (χ1) is 8.22. The third-order valence-electron chi connectivity index (χ3n) is 3.43. The van der Waals surface area contributed by atoms with Crippen LogP contribution in [0.2, 0.25) is 0 Å². The molecule has 1 aromatic rings. The monoisotopic (exact) mass is 235 g/mol. The van der Waals surface area contributed by atoms with Gasteiger partial charge in [-0.15, -0.1) is 0 Å². The Bertz CT molecular complexity index is 367. The van der Waals surface area contributed by atoms with Crippen LogP contribution in [0.5, 0.6) is 0 Å². The number of hydrogen-bond acceptors (Lipinski definition) is 4. The van der Waals surface area contributed by atoms with E-state index in [1.807, 2.05) is 25.3 Å². The fourth-order valence-electron chi connectivity index (χ4n) is 2.47. The smallest absolute Gasteiger partial charge is 0.133 e. The molecule has 1 fully saturated rings. The molecule has 1 aliphatic heterocycles. The van der Waals surface area contributed by atoms with E-state index in [2.05, 4.69) is 9.88 Å². The van der Waals surface area contributed by atoms with Gasteiger partial charge in [-0.1, -0.05) is 6.07 Å². The SMILES string of the molecule is C[C@H](N)c1cccnc1N1CCC(CCO)C1. The van der Waals surface area contributed by atoms with Crippen molar-refractivity contribution in [3.8, 4) is 0 Å². The summed E-state index contributed by atoms with van der Waals surface area (Å²) < 4.78 is 0. The second-order valence-corrected chi connectivity index (χ2v) is 4.82. The van der Waals surface area contributed by atoms with Crippen molar-refractivity contribution in [2.75, 3.05) is 24.6 Å². The van der Waals surface area contributed by atoms with Gasteiger partial charge in [0.25, 0.3) is 0 Å². The van der Waals surface area contributed by atoms with Crippen LogP contribution in [-0.2, 0) is 0 Å². The maximum Gasteiger partial charge on any atom is 0.133 e. The molecule has 0 aromatic carbocycles. The molecule has 0 saturated carbocycles. The highest BCUT2D eigenvalue weighted by molar-refractivity contribution is 5.49. The molecule has 0 aliphatic carbocycles. The fourth-order valence-corrected chi connectivity index (χ4v) is 2.47. The molecule has 2 atom stereocenters. The predicted molar refractivity (Wildman–Crippen MR) is 68.9 cm³/mol. The zero-order valence-corrected chi connectivity index (χ0v) is 10.3. The Labute approximate surface area is 102 Å². The van der Waals surface area contributed by atoms with Crippen LogP contribution < -0.4 is 10.6 Å². The van der Waals surface area contributed by atoms with E-state index >= 15 is 0 Å². The minimum absolute atomic E-state index is 0.00981. The topological polar surface area (TPSA) is 62.4 Å². The van der Waals surface area contributed by atoms with Crippen LogP contribution in [0.1, 0.15) is 31.4 Å². The summed E-state index contributed by atoms with van der Waals surface area (Å²) in [7, 11) is 0. The van der Waals surface area contributed by atoms with Crippen molar-refractivity contribution in [1.82, 2.24) is 4.98 Å². The third-order valence-corrected chi connectivity index (χ3v) is 3.43. The number of anilines is 1. The zero-order chi connectivity index (χ0) is 12.3. The summed E-state index contributed by atoms with van der Waals surface area (Å²) in [6.45, 7) is 4.27. The predicted octanol–water partition coefficient (Wildman–Crippen LogP) is 1.31. The van der Waals surface area contributed by atoms with Crippen molar-refractivity contribution in [3.63, 3.8) is 0 Å². The van der Waals surface area contributed by atoms with Crippen molar-refractivity contribution in [2.24, 2.45) is 11.7 Å². The summed E-state index contributed by atoms with van der Waals surface area (Å²) in [5.41, 5.74) is 7.08. The third kappa shape index (κ3) is 2.76. The van der Waals surface area contributed by atoms with Crippen LogP contribution in [0.3, 0.4) is 0 Å². The van der Waals surface area contributed by atoms with Gasteiger partial charge < -0.3 is 15.7 Å². The van der Waals surface area contributed by atoms with Crippen LogP contribution in [0, 0.1) is 5.92 Å². The Morgan fingerprint density at radius 1 is 1.65 bits per heavy atom. The molecular formula is C13H21N3O. The van der Waals surface area contributed by atoms with E-state index in [0.29, 0.717) is 5.92 Å². The minimum atomic E-state index is 0.00981. The molecule has 4 nitrogen and oxygen atoms in total. The van der Waals surface area contributed by atoms with Crippen LogP contribution in [-0.4, -0.2) is 29.8 Å².